The van der Waals surface area contributed by atoms with Gasteiger partial charge in [-0.2, -0.15) is 13.2 Å². The summed E-state index contributed by atoms with van der Waals surface area (Å²) < 4.78 is 36.4. The summed E-state index contributed by atoms with van der Waals surface area (Å²) >= 11 is 0. The standard InChI is InChI=1S/C8H11F3N2O/c1-4-6-2-5(12-4)3-13(6)7(14)8(9,10)11/h4-6,12H,2-3H2,1H3/t4-,5-,6-/m1/s1. The van der Waals surface area contributed by atoms with E-state index in [2.05, 4.69) is 5.32 Å². The molecule has 80 valence electrons. The average molecular weight is 208 g/mol. The monoisotopic (exact) mass is 208 g/mol. The second-order valence-corrected chi connectivity index (χ2v) is 3.91. The lowest BCUT2D eigenvalue weighted by Crippen LogP contribution is -2.54. The van der Waals surface area contributed by atoms with E-state index in [1.165, 1.54) is 0 Å². The van der Waals surface area contributed by atoms with E-state index in [9.17, 15) is 18.0 Å². The van der Waals surface area contributed by atoms with Crippen molar-refractivity contribution in [1.82, 2.24) is 10.2 Å². The highest BCUT2D eigenvalue weighted by Gasteiger charge is 2.52. The third kappa shape index (κ3) is 1.37. The highest BCUT2D eigenvalue weighted by molar-refractivity contribution is 5.82. The van der Waals surface area contributed by atoms with Gasteiger partial charge in [-0.3, -0.25) is 4.79 Å². The quantitative estimate of drug-likeness (QED) is 0.629. The van der Waals surface area contributed by atoms with E-state index in [0.29, 0.717) is 6.42 Å². The van der Waals surface area contributed by atoms with Crippen molar-refractivity contribution in [2.75, 3.05) is 6.54 Å². The van der Waals surface area contributed by atoms with Crippen LogP contribution in [-0.2, 0) is 4.79 Å². The number of amides is 1. The number of carbonyl (C=O) groups is 1. The Balaban J connectivity index is 2.11. The molecule has 0 spiro atoms. The van der Waals surface area contributed by atoms with Gasteiger partial charge in [-0.25, -0.2) is 0 Å². The molecule has 2 aliphatic heterocycles. The van der Waals surface area contributed by atoms with Crippen LogP contribution in [-0.4, -0.2) is 41.7 Å². The van der Waals surface area contributed by atoms with E-state index < -0.39 is 12.1 Å². The summed E-state index contributed by atoms with van der Waals surface area (Å²) in [7, 11) is 0. The van der Waals surface area contributed by atoms with Crippen LogP contribution in [0.4, 0.5) is 13.2 Å². The fraction of sp³-hybridized carbons (Fsp3) is 0.875. The van der Waals surface area contributed by atoms with E-state index in [4.69, 9.17) is 0 Å². The molecule has 2 saturated heterocycles. The van der Waals surface area contributed by atoms with Crippen molar-refractivity contribution in [3.63, 3.8) is 0 Å². The molecular formula is C8H11F3N2O. The first-order valence-electron chi connectivity index (χ1n) is 4.53. The molecule has 3 nitrogen and oxygen atoms in total. The SMILES string of the molecule is C[C@H]1N[C@@H]2C[C@H]1N(C(=O)C(F)(F)F)C2. The van der Waals surface area contributed by atoms with Crippen LogP contribution in [0, 0.1) is 0 Å². The van der Waals surface area contributed by atoms with Gasteiger partial charge in [0.1, 0.15) is 0 Å². The molecule has 1 N–H and O–H groups in total. The lowest BCUT2D eigenvalue weighted by Gasteiger charge is -2.32. The molecule has 0 aliphatic carbocycles. The molecule has 2 heterocycles. The molecule has 0 unspecified atom stereocenters. The third-order valence-electron chi connectivity index (χ3n) is 2.92. The molecule has 2 fully saturated rings. The first-order valence-corrected chi connectivity index (χ1v) is 4.53. The van der Waals surface area contributed by atoms with Gasteiger partial charge >= 0.3 is 12.1 Å². The number of nitrogens with zero attached hydrogens (tertiary/aromatic N) is 1. The van der Waals surface area contributed by atoms with Gasteiger partial charge in [-0.05, 0) is 13.3 Å². The second-order valence-electron chi connectivity index (χ2n) is 3.91. The molecule has 0 radical (unpaired) electrons. The zero-order chi connectivity index (χ0) is 10.5. The number of fused-ring (bicyclic) bond motifs is 2. The van der Waals surface area contributed by atoms with Gasteiger partial charge < -0.3 is 10.2 Å². The summed E-state index contributed by atoms with van der Waals surface area (Å²) in [5.41, 5.74) is 0. The van der Waals surface area contributed by atoms with E-state index >= 15 is 0 Å². The summed E-state index contributed by atoms with van der Waals surface area (Å²) in [4.78, 5) is 11.9. The molecule has 0 aromatic heterocycles. The molecule has 2 bridgehead atoms. The van der Waals surface area contributed by atoms with Crippen LogP contribution in [0.2, 0.25) is 0 Å². The van der Waals surface area contributed by atoms with E-state index in [1.54, 1.807) is 6.92 Å². The fourth-order valence-electron chi connectivity index (χ4n) is 2.34. The zero-order valence-electron chi connectivity index (χ0n) is 7.64. The number of carbonyl (C=O) groups excluding carboxylic acids is 1. The van der Waals surface area contributed by atoms with Crippen LogP contribution < -0.4 is 5.32 Å². The normalized spacial score (nSPS) is 36.6. The van der Waals surface area contributed by atoms with Crippen LogP contribution in [0.3, 0.4) is 0 Å². The zero-order valence-corrected chi connectivity index (χ0v) is 7.64. The molecule has 0 saturated carbocycles. The van der Waals surface area contributed by atoms with Crippen molar-refractivity contribution in [2.45, 2.75) is 37.6 Å². The Morgan fingerprint density at radius 2 is 2.14 bits per heavy atom. The van der Waals surface area contributed by atoms with Gasteiger partial charge in [-0.15, -0.1) is 0 Å². The number of rotatable bonds is 0. The number of hydrogen-bond acceptors (Lipinski definition) is 2. The first kappa shape index (κ1) is 9.76. The van der Waals surface area contributed by atoms with Crippen molar-refractivity contribution in [1.29, 1.82) is 0 Å². The van der Waals surface area contributed by atoms with Crippen molar-refractivity contribution in [3.05, 3.63) is 0 Å². The Hall–Kier alpha value is -0.780. The molecule has 3 atom stereocenters. The topological polar surface area (TPSA) is 32.3 Å². The van der Waals surface area contributed by atoms with Gasteiger partial charge in [0, 0.05) is 24.7 Å². The number of hydrogen-bond donors (Lipinski definition) is 1. The maximum atomic E-state index is 12.1. The Bertz CT molecular complexity index is 266. The van der Waals surface area contributed by atoms with Crippen LogP contribution >= 0.6 is 0 Å². The summed E-state index contributed by atoms with van der Waals surface area (Å²) in [6, 6.07) is -0.268. The maximum absolute atomic E-state index is 12.1. The van der Waals surface area contributed by atoms with Gasteiger partial charge in [0.15, 0.2) is 0 Å². The number of alkyl halides is 3. The highest BCUT2D eigenvalue weighted by atomic mass is 19.4. The Morgan fingerprint density at radius 3 is 2.57 bits per heavy atom. The minimum atomic E-state index is -4.73. The van der Waals surface area contributed by atoms with Gasteiger partial charge in [0.2, 0.25) is 0 Å². The molecule has 2 aliphatic rings. The lowest BCUT2D eigenvalue weighted by atomic mass is 10.1. The number of nitrogens with one attached hydrogen (secondary N) is 1. The van der Waals surface area contributed by atoms with Crippen LogP contribution in [0.25, 0.3) is 0 Å². The predicted molar refractivity (Wildman–Crippen MR) is 42.6 cm³/mol. The van der Waals surface area contributed by atoms with Crippen LogP contribution in [0.5, 0.6) is 0 Å². The minimum Gasteiger partial charge on any atom is -0.329 e. The molecular weight excluding hydrogens is 197 g/mol. The Labute approximate surface area is 79.3 Å². The van der Waals surface area contributed by atoms with Gasteiger partial charge in [-0.1, -0.05) is 0 Å². The van der Waals surface area contributed by atoms with Crippen LogP contribution in [0.15, 0.2) is 0 Å². The molecule has 2 rings (SSSR count). The second kappa shape index (κ2) is 2.85. The van der Waals surface area contributed by atoms with Crippen molar-refractivity contribution in [2.24, 2.45) is 0 Å². The summed E-state index contributed by atoms with van der Waals surface area (Å²) in [5.74, 6) is -1.70. The van der Waals surface area contributed by atoms with Crippen molar-refractivity contribution in [3.8, 4) is 0 Å². The lowest BCUT2D eigenvalue weighted by molar-refractivity contribution is -0.187. The van der Waals surface area contributed by atoms with Gasteiger partial charge in [0.25, 0.3) is 0 Å². The fourth-order valence-corrected chi connectivity index (χ4v) is 2.34. The molecule has 6 heteroatoms. The maximum Gasteiger partial charge on any atom is 0.471 e. The molecule has 1 amide bonds. The largest absolute Gasteiger partial charge is 0.471 e. The first-order chi connectivity index (χ1) is 6.39. The third-order valence-corrected chi connectivity index (χ3v) is 2.92. The highest BCUT2D eigenvalue weighted by Crippen LogP contribution is 2.31. The summed E-state index contributed by atoms with van der Waals surface area (Å²) in [6.07, 6.45) is -4.09. The van der Waals surface area contributed by atoms with Crippen molar-refractivity contribution >= 4 is 5.91 Å². The van der Waals surface area contributed by atoms with E-state index in [0.717, 1.165) is 4.90 Å². The number of halogens is 3. The van der Waals surface area contributed by atoms with Gasteiger partial charge in [0.05, 0.1) is 0 Å². The minimum absolute atomic E-state index is 0.0277. The van der Waals surface area contributed by atoms with E-state index in [1.807, 2.05) is 0 Å². The van der Waals surface area contributed by atoms with E-state index in [-0.39, 0.29) is 24.7 Å². The smallest absolute Gasteiger partial charge is 0.329 e. The Kier molecular flexibility index (Phi) is 1.99. The Morgan fingerprint density at radius 1 is 1.50 bits per heavy atom. The average Bonchev–Trinajstić information content (AvgIpc) is 2.58. The molecule has 0 aromatic rings. The van der Waals surface area contributed by atoms with Crippen LogP contribution in [0.1, 0.15) is 13.3 Å². The molecule has 14 heavy (non-hydrogen) atoms. The molecule has 0 aromatic carbocycles. The predicted octanol–water partition coefficient (Wildman–Crippen LogP) is 0.510. The summed E-state index contributed by atoms with van der Waals surface area (Å²) in [5, 5.41) is 3.13. The summed E-state index contributed by atoms with van der Waals surface area (Å²) in [6.45, 7) is 1.99. The number of likely N-dealkylation sites (tertiary alicyclic amines) is 1. The van der Waals surface area contributed by atoms with Crippen molar-refractivity contribution < 1.29 is 18.0 Å². The number of piperazine rings is 1.